The smallest absolute Gasteiger partial charge is 0.249 e. The van der Waals surface area contributed by atoms with Crippen molar-refractivity contribution in [1.82, 2.24) is 5.32 Å². The van der Waals surface area contributed by atoms with Crippen LogP contribution in [-0.2, 0) is 9.59 Å². The minimum absolute atomic E-state index is 0.526. The number of rotatable bonds is 3. The molecule has 1 amide bonds. The summed E-state index contributed by atoms with van der Waals surface area (Å²) in [5.41, 5.74) is 0. The summed E-state index contributed by atoms with van der Waals surface area (Å²) in [6.45, 7) is 2.88. The van der Waals surface area contributed by atoms with Gasteiger partial charge in [0.2, 0.25) is 5.91 Å². The summed E-state index contributed by atoms with van der Waals surface area (Å²) in [6.07, 6.45) is -0.456. The average Bonchev–Trinajstić information content (AvgIpc) is 1.87. The van der Waals surface area contributed by atoms with E-state index in [0.717, 1.165) is 0 Å². The molecule has 1 unspecified atom stereocenters. The molecule has 0 bridgehead atoms. The van der Waals surface area contributed by atoms with Gasteiger partial charge in [-0.25, -0.2) is 0 Å². The van der Waals surface area contributed by atoms with Crippen LogP contribution < -0.4 is 5.32 Å². The van der Waals surface area contributed by atoms with Gasteiger partial charge in [-0.3, -0.25) is 4.79 Å². The highest BCUT2D eigenvalue weighted by Crippen LogP contribution is 1.81. The van der Waals surface area contributed by atoms with E-state index in [0.29, 0.717) is 6.29 Å². The van der Waals surface area contributed by atoms with Crippen molar-refractivity contribution in [3.05, 3.63) is 0 Å². The number of aliphatic hydroxyl groups excluding tert-OH is 1. The van der Waals surface area contributed by atoms with Gasteiger partial charge >= 0.3 is 0 Å². The number of amides is 1. The lowest BCUT2D eigenvalue weighted by Gasteiger charge is -2.07. The second kappa shape index (κ2) is 4.00. The molecule has 58 valence electrons. The normalized spacial score (nSPS) is 15.5. The molecule has 0 aliphatic rings. The summed E-state index contributed by atoms with van der Waals surface area (Å²) in [6, 6.07) is -0.526. The van der Waals surface area contributed by atoms with Gasteiger partial charge in [-0.05, 0) is 13.8 Å². The first-order chi connectivity index (χ1) is 4.57. The molecule has 0 fully saturated rings. The molecule has 0 heterocycles. The molecule has 2 N–H and O–H groups in total. The third kappa shape index (κ3) is 3.19. The number of carbonyl (C=O) groups excluding carboxylic acids is 2. The second-order valence-electron chi connectivity index (χ2n) is 2.11. The summed E-state index contributed by atoms with van der Waals surface area (Å²) in [7, 11) is 0. The van der Waals surface area contributed by atoms with Gasteiger partial charge in [0.25, 0.3) is 0 Å². The number of hydrogen-bond acceptors (Lipinski definition) is 3. The quantitative estimate of drug-likeness (QED) is 0.504. The number of carbonyl (C=O) groups is 2. The monoisotopic (exact) mass is 145 g/mol. The van der Waals surface area contributed by atoms with Gasteiger partial charge in [-0.15, -0.1) is 0 Å². The van der Waals surface area contributed by atoms with Crippen molar-refractivity contribution in [3.63, 3.8) is 0 Å². The molecule has 4 nitrogen and oxygen atoms in total. The topological polar surface area (TPSA) is 66.4 Å². The number of aliphatic hydroxyl groups is 1. The van der Waals surface area contributed by atoms with Crippen LogP contribution in [0.3, 0.4) is 0 Å². The van der Waals surface area contributed by atoms with E-state index >= 15 is 0 Å². The molecule has 0 saturated carbocycles. The fourth-order valence-electron chi connectivity index (χ4n) is 0.379. The van der Waals surface area contributed by atoms with E-state index in [2.05, 4.69) is 5.32 Å². The van der Waals surface area contributed by atoms with E-state index in [4.69, 9.17) is 5.11 Å². The lowest BCUT2D eigenvalue weighted by Crippen LogP contribution is -2.39. The minimum atomic E-state index is -1.05. The van der Waals surface area contributed by atoms with E-state index in [1.165, 1.54) is 13.8 Å². The maximum absolute atomic E-state index is 10.6. The van der Waals surface area contributed by atoms with Crippen molar-refractivity contribution in [1.29, 1.82) is 0 Å². The molecule has 0 aromatic rings. The van der Waals surface area contributed by atoms with Crippen molar-refractivity contribution < 1.29 is 14.7 Å². The van der Waals surface area contributed by atoms with Crippen LogP contribution in [0.2, 0.25) is 0 Å². The lowest BCUT2D eigenvalue weighted by atomic mass is 10.3. The van der Waals surface area contributed by atoms with E-state index in [9.17, 15) is 9.59 Å². The predicted molar refractivity (Wildman–Crippen MR) is 35.3 cm³/mol. The largest absolute Gasteiger partial charge is 0.384 e. The van der Waals surface area contributed by atoms with Crippen LogP contribution in [-0.4, -0.2) is 29.4 Å². The molecule has 0 aliphatic heterocycles. The van der Waals surface area contributed by atoms with Gasteiger partial charge in [0.05, 0.1) is 6.04 Å². The Morgan fingerprint density at radius 3 is 2.40 bits per heavy atom. The van der Waals surface area contributed by atoms with Crippen LogP contribution in [0.1, 0.15) is 13.8 Å². The molecule has 0 saturated heterocycles. The van der Waals surface area contributed by atoms with Crippen LogP contribution in [0.25, 0.3) is 0 Å². The Morgan fingerprint density at radius 2 is 2.10 bits per heavy atom. The number of aldehydes is 1. The van der Waals surface area contributed by atoms with Gasteiger partial charge in [0.1, 0.15) is 12.4 Å². The van der Waals surface area contributed by atoms with E-state index < -0.39 is 18.1 Å². The maximum atomic E-state index is 10.6. The Kier molecular flexibility index (Phi) is 3.64. The average molecular weight is 145 g/mol. The highest BCUT2D eigenvalue weighted by Gasteiger charge is 2.10. The zero-order chi connectivity index (χ0) is 8.15. The zero-order valence-corrected chi connectivity index (χ0v) is 6.00. The van der Waals surface area contributed by atoms with E-state index in [1.54, 1.807) is 0 Å². The van der Waals surface area contributed by atoms with Crippen molar-refractivity contribution in [3.8, 4) is 0 Å². The third-order valence-electron chi connectivity index (χ3n) is 0.953. The van der Waals surface area contributed by atoms with Crippen molar-refractivity contribution >= 4 is 12.2 Å². The van der Waals surface area contributed by atoms with Crippen molar-refractivity contribution in [2.24, 2.45) is 0 Å². The zero-order valence-electron chi connectivity index (χ0n) is 6.00. The van der Waals surface area contributed by atoms with E-state index in [1.807, 2.05) is 0 Å². The molecule has 0 aromatic carbocycles. The third-order valence-corrected chi connectivity index (χ3v) is 0.953. The molecular weight excluding hydrogens is 134 g/mol. The number of nitrogens with one attached hydrogen (secondary N) is 1. The van der Waals surface area contributed by atoms with Crippen LogP contribution in [0, 0.1) is 0 Å². The molecule has 0 rings (SSSR count). The van der Waals surface area contributed by atoms with Crippen LogP contribution in [0.5, 0.6) is 0 Å². The Labute approximate surface area is 59.2 Å². The summed E-state index contributed by atoms with van der Waals surface area (Å²) in [4.78, 5) is 20.6. The molecule has 0 aromatic heterocycles. The molecule has 0 radical (unpaired) electrons. The standard InChI is InChI=1S/C6H11NO3/c1-4(3-8)7-6(10)5(2)9/h3-5,9H,1-2H3,(H,7,10)/t4-,5?/m0/s1. The summed E-state index contributed by atoms with van der Waals surface area (Å²) in [5.74, 6) is -0.528. The van der Waals surface area contributed by atoms with Crippen molar-refractivity contribution in [2.45, 2.75) is 26.0 Å². The van der Waals surface area contributed by atoms with E-state index in [-0.39, 0.29) is 0 Å². The fraction of sp³-hybridized carbons (Fsp3) is 0.667. The molecule has 0 aliphatic carbocycles. The first kappa shape index (κ1) is 9.10. The van der Waals surface area contributed by atoms with Gasteiger partial charge in [0, 0.05) is 0 Å². The maximum Gasteiger partial charge on any atom is 0.249 e. The molecule has 2 atom stereocenters. The predicted octanol–water partition coefficient (Wildman–Crippen LogP) is -0.929. The summed E-state index contributed by atoms with van der Waals surface area (Å²) in [5, 5.41) is 10.9. The molecule has 10 heavy (non-hydrogen) atoms. The molecule has 4 heteroatoms. The minimum Gasteiger partial charge on any atom is -0.384 e. The Hall–Kier alpha value is -0.900. The molecule has 0 spiro atoms. The van der Waals surface area contributed by atoms with Crippen LogP contribution >= 0.6 is 0 Å². The lowest BCUT2D eigenvalue weighted by molar-refractivity contribution is -0.130. The highest BCUT2D eigenvalue weighted by molar-refractivity contribution is 5.82. The Bertz CT molecular complexity index is 133. The van der Waals surface area contributed by atoms with Gasteiger partial charge in [-0.2, -0.15) is 0 Å². The van der Waals surface area contributed by atoms with Crippen molar-refractivity contribution in [2.75, 3.05) is 0 Å². The van der Waals surface area contributed by atoms with Gasteiger partial charge in [-0.1, -0.05) is 0 Å². The fourth-order valence-corrected chi connectivity index (χ4v) is 0.379. The van der Waals surface area contributed by atoms with Gasteiger partial charge < -0.3 is 15.2 Å². The summed E-state index contributed by atoms with van der Waals surface area (Å²) < 4.78 is 0. The van der Waals surface area contributed by atoms with Crippen LogP contribution in [0.15, 0.2) is 0 Å². The number of hydrogen-bond donors (Lipinski definition) is 2. The first-order valence-electron chi connectivity index (χ1n) is 3.01. The highest BCUT2D eigenvalue weighted by atomic mass is 16.3. The van der Waals surface area contributed by atoms with Gasteiger partial charge in [0.15, 0.2) is 0 Å². The Morgan fingerprint density at radius 1 is 1.60 bits per heavy atom. The molecular formula is C6H11NO3. The summed E-state index contributed by atoms with van der Waals surface area (Å²) >= 11 is 0. The SMILES string of the molecule is CC(O)C(=O)N[C@@H](C)C=O. The second-order valence-corrected chi connectivity index (χ2v) is 2.11. The first-order valence-corrected chi connectivity index (χ1v) is 3.01. The Balaban J connectivity index is 3.68. The van der Waals surface area contributed by atoms with Crippen LogP contribution in [0.4, 0.5) is 0 Å².